The van der Waals surface area contributed by atoms with Crippen LogP contribution in [0.25, 0.3) is 10.9 Å². The molecule has 2 rings (SSSR count). The van der Waals surface area contributed by atoms with Gasteiger partial charge in [-0.2, -0.15) is 0 Å². The molecule has 18 heavy (non-hydrogen) atoms. The largest absolute Gasteiger partial charge is 0.478 e. The summed E-state index contributed by atoms with van der Waals surface area (Å²) in [6, 6.07) is 3.51. The number of hydrogen-bond donors (Lipinski definition) is 2. The molecule has 1 aromatic carbocycles. The number of rotatable bonds is 4. The van der Waals surface area contributed by atoms with Crippen LogP contribution in [-0.4, -0.2) is 22.2 Å². The monoisotopic (exact) mass is 246 g/mol. The van der Waals surface area contributed by atoms with Crippen molar-refractivity contribution in [1.29, 1.82) is 0 Å². The second-order valence-corrected chi connectivity index (χ2v) is 4.49. The minimum absolute atomic E-state index is 0.351. The van der Waals surface area contributed by atoms with Crippen LogP contribution >= 0.6 is 0 Å². The van der Waals surface area contributed by atoms with E-state index in [1.807, 2.05) is 20.2 Å². The number of carboxylic acid groups (broad SMARTS) is 1. The van der Waals surface area contributed by atoms with Crippen LogP contribution in [0, 0.1) is 0 Å². The zero-order chi connectivity index (χ0) is 13.3. The van der Waals surface area contributed by atoms with Crippen LogP contribution in [-0.2, 0) is 19.9 Å². The highest BCUT2D eigenvalue weighted by Crippen LogP contribution is 2.26. The second kappa shape index (κ2) is 4.82. The summed E-state index contributed by atoms with van der Waals surface area (Å²) >= 11 is 0. The van der Waals surface area contributed by atoms with Crippen LogP contribution in [0.2, 0.25) is 0 Å². The zero-order valence-electron chi connectivity index (χ0n) is 10.7. The maximum absolute atomic E-state index is 11.2. The fourth-order valence-electron chi connectivity index (χ4n) is 2.47. The van der Waals surface area contributed by atoms with Crippen molar-refractivity contribution in [3.05, 3.63) is 35.0 Å². The van der Waals surface area contributed by atoms with E-state index in [0.717, 1.165) is 34.9 Å². The Morgan fingerprint density at radius 2 is 2.11 bits per heavy atom. The molecular weight excluding hydrogens is 228 g/mol. The number of carbonyl (C=O) groups is 1. The minimum atomic E-state index is -0.880. The molecule has 3 N–H and O–H groups in total. The number of aromatic carboxylic acids is 1. The number of carboxylic acids is 1. The van der Waals surface area contributed by atoms with Gasteiger partial charge in [-0.05, 0) is 42.6 Å². The van der Waals surface area contributed by atoms with Gasteiger partial charge in [0.2, 0.25) is 0 Å². The molecule has 4 heteroatoms. The van der Waals surface area contributed by atoms with Gasteiger partial charge in [0.1, 0.15) is 0 Å². The maximum Gasteiger partial charge on any atom is 0.335 e. The third kappa shape index (κ3) is 1.99. The fourth-order valence-corrected chi connectivity index (χ4v) is 2.47. The average Bonchev–Trinajstić information content (AvgIpc) is 2.66. The summed E-state index contributed by atoms with van der Waals surface area (Å²) in [5.41, 5.74) is 9.25. The van der Waals surface area contributed by atoms with Gasteiger partial charge in [-0.1, -0.05) is 6.92 Å². The molecule has 96 valence electrons. The van der Waals surface area contributed by atoms with Crippen LogP contribution in [0.1, 0.15) is 28.4 Å². The highest BCUT2D eigenvalue weighted by molar-refractivity contribution is 5.96. The van der Waals surface area contributed by atoms with Gasteiger partial charge in [0.15, 0.2) is 0 Å². The van der Waals surface area contributed by atoms with E-state index in [4.69, 9.17) is 10.8 Å². The van der Waals surface area contributed by atoms with Crippen molar-refractivity contribution in [3.8, 4) is 0 Å². The smallest absolute Gasteiger partial charge is 0.335 e. The van der Waals surface area contributed by atoms with Crippen molar-refractivity contribution in [2.75, 3.05) is 6.54 Å². The van der Waals surface area contributed by atoms with Gasteiger partial charge < -0.3 is 15.4 Å². The third-order valence-corrected chi connectivity index (χ3v) is 3.28. The molecule has 1 heterocycles. The van der Waals surface area contributed by atoms with E-state index in [9.17, 15) is 4.79 Å². The van der Waals surface area contributed by atoms with Crippen molar-refractivity contribution >= 4 is 16.9 Å². The predicted molar refractivity (Wildman–Crippen MR) is 72.0 cm³/mol. The molecule has 0 aliphatic carbocycles. The van der Waals surface area contributed by atoms with Gasteiger partial charge in [0.25, 0.3) is 0 Å². The Morgan fingerprint density at radius 1 is 1.39 bits per heavy atom. The number of aryl methyl sites for hydroxylation is 2. The molecule has 0 aliphatic heterocycles. The molecule has 0 fully saturated rings. The van der Waals surface area contributed by atoms with Crippen molar-refractivity contribution in [3.63, 3.8) is 0 Å². The van der Waals surface area contributed by atoms with Gasteiger partial charge in [0, 0.05) is 18.6 Å². The van der Waals surface area contributed by atoms with E-state index in [-0.39, 0.29) is 0 Å². The Morgan fingerprint density at radius 3 is 2.67 bits per heavy atom. The van der Waals surface area contributed by atoms with Gasteiger partial charge in [-0.3, -0.25) is 0 Å². The molecule has 0 saturated carbocycles. The highest BCUT2D eigenvalue weighted by Gasteiger charge is 2.13. The van der Waals surface area contributed by atoms with Crippen LogP contribution < -0.4 is 5.73 Å². The summed E-state index contributed by atoms with van der Waals surface area (Å²) in [5.74, 6) is -0.880. The lowest BCUT2D eigenvalue weighted by atomic mass is 10.0. The highest BCUT2D eigenvalue weighted by atomic mass is 16.4. The topological polar surface area (TPSA) is 68.2 Å². The molecule has 0 atom stereocenters. The SMILES string of the molecule is CCc1cc(C(=O)O)cc2c(CCN)cn(C)c12. The lowest BCUT2D eigenvalue weighted by molar-refractivity contribution is 0.0697. The molecular formula is C14H18N2O2. The molecule has 0 radical (unpaired) electrons. The van der Waals surface area contributed by atoms with E-state index < -0.39 is 5.97 Å². The fraction of sp³-hybridized carbons (Fsp3) is 0.357. The molecule has 0 saturated heterocycles. The predicted octanol–water partition coefficient (Wildman–Crippen LogP) is 1.94. The van der Waals surface area contributed by atoms with Crippen molar-refractivity contribution in [2.45, 2.75) is 19.8 Å². The average molecular weight is 246 g/mol. The summed E-state index contributed by atoms with van der Waals surface area (Å²) in [6.07, 6.45) is 3.63. The zero-order valence-corrected chi connectivity index (χ0v) is 10.7. The molecule has 2 aromatic rings. The number of aromatic nitrogens is 1. The molecule has 4 nitrogen and oxygen atoms in total. The summed E-state index contributed by atoms with van der Waals surface area (Å²) in [5, 5.41) is 10.2. The number of hydrogen-bond acceptors (Lipinski definition) is 2. The Kier molecular flexibility index (Phi) is 3.39. The molecule has 0 bridgehead atoms. The Hall–Kier alpha value is -1.81. The van der Waals surface area contributed by atoms with Gasteiger partial charge in [-0.25, -0.2) is 4.79 Å². The lowest BCUT2D eigenvalue weighted by Gasteiger charge is -2.06. The van der Waals surface area contributed by atoms with Crippen LogP contribution in [0.4, 0.5) is 0 Å². The van der Waals surface area contributed by atoms with Crippen molar-refractivity contribution in [2.24, 2.45) is 12.8 Å². The van der Waals surface area contributed by atoms with Gasteiger partial charge in [0.05, 0.1) is 11.1 Å². The van der Waals surface area contributed by atoms with E-state index in [0.29, 0.717) is 12.1 Å². The lowest BCUT2D eigenvalue weighted by Crippen LogP contribution is -2.02. The Balaban J connectivity index is 2.76. The molecule has 0 amide bonds. The molecule has 0 unspecified atom stereocenters. The van der Waals surface area contributed by atoms with Gasteiger partial charge >= 0.3 is 5.97 Å². The van der Waals surface area contributed by atoms with Crippen LogP contribution in [0.5, 0.6) is 0 Å². The first-order valence-corrected chi connectivity index (χ1v) is 6.12. The number of nitrogens with two attached hydrogens (primary N) is 1. The van der Waals surface area contributed by atoms with Crippen LogP contribution in [0.3, 0.4) is 0 Å². The second-order valence-electron chi connectivity index (χ2n) is 4.49. The molecule has 1 aromatic heterocycles. The van der Waals surface area contributed by atoms with E-state index >= 15 is 0 Å². The number of fused-ring (bicyclic) bond motifs is 1. The standard InChI is InChI=1S/C14H18N2O2/c1-3-9-6-11(14(17)18)7-12-10(4-5-15)8-16(2)13(9)12/h6-8H,3-5,15H2,1-2H3,(H,17,18). The molecule has 0 aliphatic rings. The van der Waals surface area contributed by atoms with Crippen molar-refractivity contribution < 1.29 is 9.90 Å². The quantitative estimate of drug-likeness (QED) is 0.866. The Bertz CT molecular complexity index is 599. The maximum atomic E-state index is 11.2. The van der Waals surface area contributed by atoms with E-state index in [2.05, 4.69) is 4.57 Å². The van der Waals surface area contributed by atoms with Gasteiger partial charge in [-0.15, -0.1) is 0 Å². The summed E-state index contributed by atoms with van der Waals surface area (Å²) in [7, 11) is 1.99. The number of benzene rings is 1. The first-order valence-electron chi connectivity index (χ1n) is 6.12. The number of nitrogens with zero attached hydrogens (tertiary/aromatic N) is 1. The molecule has 0 spiro atoms. The minimum Gasteiger partial charge on any atom is -0.478 e. The van der Waals surface area contributed by atoms with E-state index in [1.165, 1.54) is 0 Å². The first kappa shape index (κ1) is 12.6. The summed E-state index contributed by atoms with van der Waals surface area (Å²) in [6.45, 7) is 2.61. The van der Waals surface area contributed by atoms with Crippen molar-refractivity contribution in [1.82, 2.24) is 4.57 Å². The Labute approximate surface area is 106 Å². The summed E-state index contributed by atoms with van der Waals surface area (Å²) in [4.78, 5) is 11.2. The van der Waals surface area contributed by atoms with Crippen LogP contribution in [0.15, 0.2) is 18.3 Å². The first-order chi connectivity index (χ1) is 8.58. The van der Waals surface area contributed by atoms with E-state index in [1.54, 1.807) is 12.1 Å². The normalized spacial score (nSPS) is 11.1. The summed E-state index contributed by atoms with van der Waals surface area (Å²) < 4.78 is 2.06. The third-order valence-electron chi connectivity index (χ3n) is 3.28.